The molecule has 0 bridgehead atoms. The van der Waals surface area contributed by atoms with E-state index < -0.39 is 0 Å². The normalized spacial score (nSPS) is 11.5. The number of aromatic nitrogens is 3. The first kappa shape index (κ1) is 33.0. The van der Waals surface area contributed by atoms with Crippen molar-refractivity contribution in [3.63, 3.8) is 0 Å². The molecule has 11 aromatic rings. The van der Waals surface area contributed by atoms with Crippen molar-refractivity contribution in [2.45, 2.75) is 0 Å². The van der Waals surface area contributed by atoms with E-state index in [1.165, 1.54) is 31.3 Å². The van der Waals surface area contributed by atoms with Gasteiger partial charge in [0, 0.05) is 64.7 Å². The second-order valence-electron chi connectivity index (χ2n) is 14.1. The molecular weight excluding hydrogens is 717 g/mol. The predicted molar refractivity (Wildman–Crippen MR) is 236 cm³/mol. The average Bonchev–Trinajstić information content (AvgIpc) is 3.85. The third-order valence-electron chi connectivity index (χ3n) is 10.5. The second kappa shape index (κ2) is 13.7. The minimum atomic E-state index is 0.590. The highest BCUT2D eigenvalue weighted by Crippen LogP contribution is 2.43. The highest BCUT2D eigenvalue weighted by molar-refractivity contribution is 7.25. The van der Waals surface area contributed by atoms with Crippen molar-refractivity contribution in [2.24, 2.45) is 0 Å². The molecule has 0 N–H and O–H groups in total. The highest BCUT2D eigenvalue weighted by atomic mass is 32.1. The lowest BCUT2D eigenvalue weighted by Gasteiger charge is -2.26. The minimum absolute atomic E-state index is 0.590. The van der Waals surface area contributed by atoms with Crippen LogP contribution in [0, 0.1) is 0 Å². The molecule has 5 nitrogen and oxygen atoms in total. The van der Waals surface area contributed by atoms with Gasteiger partial charge in [0.25, 0.3) is 0 Å². The summed E-state index contributed by atoms with van der Waals surface area (Å²) in [5.41, 5.74) is 9.87. The number of rotatable bonds is 7. The molecule has 0 fully saturated rings. The van der Waals surface area contributed by atoms with Crippen LogP contribution in [0.5, 0.6) is 0 Å². The Kier molecular flexibility index (Phi) is 7.93. The number of thiophene rings is 1. The summed E-state index contributed by atoms with van der Waals surface area (Å²) < 4.78 is 9.13. The van der Waals surface area contributed by atoms with E-state index in [-0.39, 0.29) is 0 Å². The van der Waals surface area contributed by atoms with E-state index in [0.29, 0.717) is 17.5 Å². The molecule has 0 aliphatic rings. The third kappa shape index (κ3) is 6.00. The van der Waals surface area contributed by atoms with Crippen molar-refractivity contribution < 1.29 is 4.42 Å². The summed E-state index contributed by atoms with van der Waals surface area (Å²) in [6.07, 6.45) is 0. The number of nitrogens with zero attached hydrogens (tertiary/aromatic N) is 4. The van der Waals surface area contributed by atoms with Crippen LogP contribution in [0.3, 0.4) is 0 Å². The first-order chi connectivity index (χ1) is 28.2. The lowest BCUT2D eigenvalue weighted by atomic mass is 10.0. The molecule has 57 heavy (non-hydrogen) atoms. The van der Waals surface area contributed by atoms with Crippen LogP contribution < -0.4 is 4.90 Å². The zero-order chi connectivity index (χ0) is 37.7. The summed E-state index contributed by atoms with van der Waals surface area (Å²) in [6.45, 7) is 0. The fourth-order valence-electron chi connectivity index (χ4n) is 7.71. The SMILES string of the molecule is c1ccc(-c2ccc(N(c3ccc4oc5cc(-c6nc(-c7ccccc7)nc(-c7ccccc7)n6)ccc5c4c3)c3ccc4sc5ccccc5c4c3)cc2)cc1. The molecule has 0 amide bonds. The number of furan rings is 1. The Hall–Kier alpha value is -7.41. The first-order valence-corrected chi connectivity index (χ1v) is 19.7. The van der Waals surface area contributed by atoms with Crippen LogP contribution in [0.2, 0.25) is 0 Å². The van der Waals surface area contributed by atoms with Crippen LogP contribution >= 0.6 is 11.3 Å². The molecule has 0 spiro atoms. The fraction of sp³-hybridized carbons (Fsp3) is 0. The third-order valence-corrected chi connectivity index (χ3v) is 11.7. The molecular formula is C51H32N4OS. The zero-order valence-corrected chi connectivity index (χ0v) is 31.4. The van der Waals surface area contributed by atoms with Crippen LogP contribution in [-0.2, 0) is 0 Å². The fourth-order valence-corrected chi connectivity index (χ4v) is 8.80. The molecule has 8 aromatic carbocycles. The largest absolute Gasteiger partial charge is 0.456 e. The standard InChI is InChI=1S/C51H32N4OS/c1-4-12-33(13-5-1)34-20-23-38(24-21-34)55(40-26-29-48-44(32-40)42-18-10-11-19-47(42)57-48)39-25-28-45-43(31-39)41-27-22-37(30-46(41)56-45)51-53-49(35-14-6-2-7-15-35)52-50(54-51)36-16-8-3-9-17-36/h1-32H. The molecule has 0 saturated heterocycles. The maximum absolute atomic E-state index is 6.56. The van der Waals surface area contributed by atoms with Gasteiger partial charge in [0.15, 0.2) is 17.5 Å². The van der Waals surface area contributed by atoms with Gasteiger partial charge in [0.05, 0.1) is 0 Å². The van der Waals surface area contributed by atoms with Gasteiger partial charge >= 0.3 is 0 Å². The Morgan fingerprint density at radius 2 is 0.842 bits per heavy atom. The Morgan fingerprint density at radius 1 is 0.333 bits per heavy atom. The molecule has 0 radical (unpaired) electrons. The summed E-state index contributed by atoms with van der Waals surface area (Å²) in [5, 5.41) is 4.59. The summed E-state index contributed by atoms with van der Waals surface area (Å²) in [4.78, 5) is 17.1. The zero-order valence-electron chi connectivity index (χ0n) is 30.6. The van der Waals surface area contributed by atoms with Crippen LogP contribution in [0.15, 0.2) is 199 Å². The highest BCUT2D eigenvalue weighted by Gasteiger charge is 2.19. The number of anilines is 3. The summed E-state index contributed by atoms with van der Waals surface area (Å²) in [7, 11) is 0. The smallest absolute Gasteiger partial charge is 0.164 e. The second-order valence-corrected chi connectivity index (χ2v) is 15.1. The van der Waals surface area contributed by atoms with Gasteiger partial charge in [0.2, 0.25) is 0 Å². The summed E-state index contributed by atoms with van der Waals surface area (Å²) >= 11 is 1.83. The molecule has 11 rings (SSSR count). The van der Waals surface area contributed by atoms with E-state index in [4.69, 9.17) is 19.4 Å². The lowest BCUT2D eigenvalue weighted by molar-refractivity contribution is 0.669. The van der Waals surface area contributed by atoms with Gasteiger partial charge in [-0.2, -0.15) is 0 Å². The molecule has 268 valence electrons. The molecule has 3 heterocycles. The number of hydrogen-bond donors (Lipinski definition) is 0. The molecule has 0 aliphatic heterocycles. The topological polar surface area (TPSA) is 55.1 Å². The number of fused-ring (bicyclic) bond motifs is 6. The predicted octanol–water partition coefficient (Wildman–Crippen LogP) is 14.3. The Balaban J connectivity index is 1.03. The van der Waals surface area contributed by atoms with E-state index in [1.807, 2.05) is 78.1 Å². The molecule has 6 heteroatoms. The van der Waals surface area contributed by atoms with Crippen molar-refractivity contribution in [2.75, 3.05) is 4.90 Å². The Labute approximate surface area is 332 Å². The summed E-state index contributed by atoms with van der Waals surface area (Å²) in [6, 6.07) is 67.6. The first-order valence-electron chi connectivity index (χ1n) is 18.9. The number of benzene rings is 8. The van der Waals surface area contributed by atoms with Gasteiger partial charge in [-0.15, -0.1) is 11.3 Å². The van der Waals surface area contributed by atoms with Crippen molar-refractivity contribution >= 4 is 70.5 Å². The van der Waals surface area contributed by atoms with E-state index in [2.05, 4.69) is 132 Å². The van der Waals surface area contributed by atoms with Gasteiger partial charge in [-0.05, 0) is 77.9 Å². The van der Waals surface area contributed by atoms with Crippen LogP contribution in [0.4, 0.5) is 17.1 Å². The van der Waals surface area contributed by atoms with E-state index >= 15 is 0 Å². The van der Waals surface area contributed by atoms with Crippen LogP contribution in [0.25, 0.3) is 87.4 Å². The monoisotopic (exact) mass is 748 g/mol. The van der Waals surface area contributed by atoms with Crippen molar-refractivity contribution in [1.29, 1.82) is 0 Å². The van der Waals surface area contributed by atoms with Gasteiger partial charge in [-0.3, -0.25) is 0 Å². The molecule has 0 atom stereocenters. The van der Waals surface area contributed by atoms with Crippen LogP contribution in [-0.4, -0.2) is 15.0 Å². The van der Waals surface area contributed by atoms with Gasteiger partial charge in [-0.25, -0.2) is 15.0 Å². The maximum atomic E-state index is 6.56. The molecule has 0 unspecified atom stereocenters. The quantitative estimate of drug-likeness (QED) is 0.162. The lowest BCUT2D eigenvalue weighted by Crippen LogP contribution is -2.09. The van der Waals surface area contributed by atoms with E-state index in [1.54, 1.807) is 0 Å². The van der Waals surface area contributed by atoms with E-state index in [9.17, 15) is 0 Å². The van der Waals surface area contributed by atoms with Crippen molar-refractivity contribution in [1.82, 2.24) is 15.0 Å². The summed E-state index contributed by atoms with van der Waals surface area (Å²) in [5.74, 6) is 1.84. The molecule has 0 aliphatic carbocycles. The minimum Gasteiger partial charge on any atom is -0.456 e. The van der Waals surface area contributed by atoms with Gasteiger partial charge in [-0.1, -0.05) is 127 Å². The van der Waals surface area contributed by atoms with Gasteiger partial charge in [0.1, 0.15) is 11.2 Å². The number of hydrogen-bond acceptors (Lipinski definition) is 6. The molecule has 0 saturated carbocycles. The average molecular weight is 749 g/mol. The molecule has 3 aromatic heterocycles. The van der Waals surface area contributed by atoms with Crippen molar-refractivity contribution in [3.8, 4) is 45.3 Å². The van der Waals surface area contributed by atoms with Crippen molar-refractivity contribution in [3.05, 3.63) is 194 Å². The maximum Gasteiger partial charge on any atom is 0.164 e. The Bertz CT molecular complexity index is 3170. The van der Waals surface area contributed by atoms with Crippen LogP contribution in [0.1, 0.15) is 0 Å². The van der Waals surface area contributed by atoms with E-state index in [0.717, 1.165) is 55.7 Å². The Morgan fingerprint density at radius 3 is 1.53 bits per heavy atom. The van der Waals surface area contributed by atoms with Gasteiger partial charge < -0.3 is 9.32 Å².